The van der Waals surface area contributed by atoms with Crippen molar-refractivity contribution in [1.29, 1.82) is 0 Å². The fraction of sp³-hybridized carbons (Fsp3) is 0.600. The molecule has 2 aliphatic rings. The molecule has 6 heteroatoms. The van der Waals surface area contributed by atoms with E-state index in [1.165, 1.54) is 25.7 Å². The lowest BCUT2D eigenvalue weighted by atomic mass is 10.0. The van der Waals surface area contributed by atoms with E-state index >= 15 is 0 Å². The van der Waals surface area contributed by atoms with Crippen LogP contribution in [0.5, 0.6) is 0 Å². The van der Waals surface area contributed by atoms with Crippen molar-refractivity contribution in [3.8, 4) is 0 Å². The Hall–Kier alpha value is -1.17. The minimum Gasteiger partial charge on any atom is -0.322 e. The van der Waals surface area contributed by atoms with Gasteiger partial charge in [0.05, 0.1) is 12.2 Å². The highest BCUT2D eigenvalue weighted by Crippen LogP contribution is 2.25. The number of nitrogens with one attached hydrogen (secondary N) is 2. The van der Waals surface area contributed by atoms with Gasteiger partial charge in [-0.15, -0.1) is 0 Å². The first-order valence-electron chi connectivity index (χ1n) is 7.62. The molecule has 0 radical (unpaired) electrons. The van der Waals surface area contributed by atoms with Gasteiger partial charge < -0.3 is 10.6 Å². The minimum absolute atomic E-state index is 0.0187. The van der Waals surface area contributed by atoms with Crippen LogP contribution in [0, 0.1) is 0 Å². The maximum atomic E-state index is 12.2. The van der Waals surface area contributed by atoms with Gasteiger partial charge in [0.15, 0.2) is 5.15 Å². The zero-order valence-electron chi connectivity index (χ0n) is 12.0. The van der Waals surface area contributed by atoms with Crippen LogP contribution < -0.4 is 10.6 Å². The second-order valence-corrected chi connectivity index (χ2v) is 6.13. The van der Waals surface area contributed by atoms with E-state index in [2.05, 4.69) is 20.5 Å². The van der Waals surface area contributed by atoms with Gasteiger partial charge in [0, 0.05) is 18.3 Å². The lowest BCUT2D eigenvalue weighted by Gasteiger charge is -2.28. The quantitative estimate of drug-likeness (QED) is 0.834. The van der Waals surface area contributed by atoms with Gasteiger partial charge in [0.1, 0.15) is 0 Å². The summed E-state index contributed by atoms with van der Waals surface area (Å²) < 4.78 is 0. The SMILES string of the molecule is O=C(CN1CCCC1C1CCCN1)Nc1cccnc1Cl. The van der Waals surface area contributed by atoms with Crippen molar-refractivity contribution < 1.29 is 4.79 Å². The molecule has 2 N–H and O–H groups in total. The molecular formula is C15H21ClN4O. The fourth-order valence-electron chi connectivity index (χ4n) is 3.40. The van der Waals surface area contributed by atoms with Gasteiger partial charge >= 0.3 is 0 Å². The molecule has 114 valence electrons. The number of aromatic nitrogens is 1. The highest BCUT2D eigenvalue weighted by Gasteiger charge is 2.33. The summed E-state index contributed by atoms with van der Waals surface area (Å²) in [6, 6.07) is 4.57. The van der Waals surface area contributed by atoms with Crippen LogP contribution in [0.15, 0.2) is 18.3 Å². The third-order valence-electron chi connectivity index (χ3n) is 4.36. The largest absolute Gasteiger partial charge is 0.322 e. The fourth-order valence-corrected chi connectivity index (χ4v) is 3.56. The van der Waals surface area contributed by atoms with E-state index in [1.54, 1.807) is 18.3 Å². The van der Waals surface area contributed by atoms with Crippen molar-refractivity contribution in [3.63, 3.8) is 0 Å². The van der Waals surface area contributed by atoms with Crippen LogP contribution in [0.2, 0.25) is 5.15 Å². The third kappa shape index (κ3) is 3.54. The zero-order chi connectivity index (χ0) is 14.7. The van der Waals surface area contributed by atoms with Crippen LogP contribution >= 0.6 is 11.6 Å². The molecule has 2 atom stereocenters. The average Bonchev–Trinajstić information content (AvgIpc) is 3.11. The summed E-state index contributed by atoms with van der Waals surface area (Å²) in [6.07, 6.45) is 6.42. The molecule has 5 nitrogen and oxygen atoms in total. The standard InChI is InChI=1S/C15H21ClN4O/c16-15-12(5-2-8-18-15)19-14(21)10-20-9-3-6-13(20)11-4-1-7-17-11/h2,5,8,11,13,17H,1,3-4,6-7,9-10H2,(H,19,21). The Kier molecular flexibility index (Phi) is 4.73. The van der Waals surface area contributed by atoms with Crippen LogP contribution in [-0.2, 0) is 4.79 Å². The molecule has 21 heavy (non-hydrogen) atoms. The van der Waals surface area contributed by atoms with Gasteiger partial charge in [-0.3, -0.25) is 9.69 Å². The van der Waals surface area contributed by atoms with Crippen molar-refractivity contribution in [2.75, 3.05) is 25.0 Å². The van der Waals surface area contributed by atoms with E-state index in [9.17, 15) is 4.79 Å². The predicted octanol–water partition coefficient (Wildman–Crippen LogP) is 1.89. The molecule has 2 saturated heterocycles. The molecule has 0 spiro atoms. The average molecular weight is 309 g/mol. The number of amides is 1. The topological polar surface area (TPSA) is 57.3 Å². The first kappa shape index (κ1) is 14.8. The molecule has 2 fully saturated rings. The normalized spacial score (nSPS) is 26.1. The number of pyridine rings is 1. The second kappa shape index (κ2) is 6.73. The zero-order valence-corrected chi connectivity index (χ0v) is 12.8. The van der Waals surface area contributed by atoms with Crippen molar-refractivity contribution in [3.05, 3.63) is 23.5 Å². The minimum atomic E-state index is -0.0187. The first-order valence-corrected chi connectivity index (χ1v) is 7.99. The summed E-state index contributed by atoms with van der Waals surface area (Å²) in [7, 11) is 0. The number of carbonyl (C=O) groups is 1. The predicted molar refractivity (Wildman–Crippen MR) is 83.5 cm³/mol. The Bertz CT molecular complexity index is 504. The van der Waals surface area contributed by atoms with Crippen molar-refractivity contribution >= 4 is 23.2 Å². The summed E-state index contributed by atoms with van der Waals surface area (Å²) in [5.74, 6) is -0.0187. The van der Waals surface area contributed by atoms with Crippen LogP contribution in [0.4, 0.5) is 5.69 Å². The number of likely N-dealkylation sites (tertiary alicyclic amines) is 1. The molecule has 0 aromatic carbocycles. The van der Waals surface area contributed by atoms with Crippen molar-refractivity contribution in [2.45, 2.75) is 37.8 Å². The number of halogens is 1. The second-order valence-electron chi connectivity index (χ2n) is 5.77. The van der Waals surface area contributed by atoms with E-state index in [0.717, 1.165) is 13.1 Å². The van der Waals surface area contributed by atoms with Gasteiger partial charge in [-0.2, -0.15) is 0 Å². The highest BCUT2D eigenvalue weighted by molar-refractivity contribution is 6.32. The molecule has 2 unspecified atom stereocenters. The Morgan fingerprint density at radius 1 is 1.48 bits per heavy atom. The van der Waals surface area contributed by atoms with Crippen molar-refractivity contribution in [1.82, 2.24) is 15.2 Å². The van der Waals surface area contributed by atoms with E-state index in [4.69, 9.17) is 11.6 Å². The number of hydrogen-bond acceptors (Lipinski definition) is 4. The summed E-state index contributed by atoms with van der Waals surface area (Å²) in [5, 5.41) is 6.74. The van der Waals surface area contributed by atoms with E-state index < -0.39 is 0 Å². The number of carbonyl (C=O) groups excluding carboxylic acids is 1. The van der Waals surface area contributed by atoms with E-state index in [0.29, 0.717) is 29.5 Å². The summed E-state index contributed by atoms with van der Waals surface area (Å²) >= 11 is 5.97. The smallest absolute Gasteiger partial charge is 0.238 e. The maximum Gasteiger partial charge on any atom is 0.238 e. The maximum absolute atomic E-state index is 12.2. The van der Waals surface area contributed by atoms with Crippen LogP contribution in [0.3, 0.4) is 0 Å². The van der Waals surface area contributed by atoms with Crippen LogP contribution in [-0.4, -0.2) is 47.5 Å². The highest BCUT2D eigenvalue weighted by atomic mass is 35.5. The van der Waals surface area contributed by atoms with Gasteiger partial charge in [-0.05, 0) is 50.9 Å². The molecular weight excluding hydrogens is 288 g/mol. The van der Waals surface area contributed by atoms with E-state index in [1.807, 2.05) is 0 Å². The van der Waals surface area contributed by atoms with Gasteiger partial charge in [-0.25, -0.2) is 4.98 Å². The molecule has 1 aromatic rings. The third-order valence-corrected chi connectivity index (χ3v) is 4.66. The van der Waals surface area contributed by atoms with Crippen LogP contribution in [0.1, 0.15) is 25.7 Å². The molecule has 1 amide bonds. The summed E-state index contributed by atoms with van der Waals surface area (Å²) in [4.78, 5) is 18.5. The van der Waals surface area contributed by atoms with Gasteiger partial charge in [0.25, 0.3) is 0 Å². The summed E-state index contributed by atoms with van der Waals surface area (Å²) in [6.45, 7) is 2.53. The monoisotopic (exact) mass is 308 g/mol. The van der Waals surface area contributed by atoms with Crippen molar-refractivity contribution in [2.24, 2.45) is 0 Å². The number of anilines is 1. The summed E-state index contributed by atoms with van der Waals surface area (Å²) in [5.41, 5.74) is 0.582. The Balaban J connectivity index is 1.57. The number of hydrogen-bond donors (Lipinski definition) is 2. The molecule has 1 aromatic heterocycles. The van der Waals surface area contributed by atoms with Gasteiger partial charge in [0.2, 0.25) is 5.91 Å². The van der Waals surface area contributed by atoms with Gasteiger partial charge in [-0.1, -0.05) is 11.6 Å². The molecule has 0 saturated carbocycles. The van der Waals surface area contributed by atoms with Crippen LogP contribution in [0.25, 0.3) is 0 Å². The van der Waals surface area contributed by atoms with E-state index in [-0.39, 0.29) is 5.91 Å². The molecule has 0 bridgehead atoms. The Morgan fingerprint density at radius 3 is 3.14 bits per heavy atom. The number of rotatable bonds is 4. The lowest BCUT2D eigenvalue weighted by molar-refractivity contribution is -0.117. The molecule has 0 aliphatic carbocycles. The first-order chi connectivity index (χ1) is 10.2. The molecule has 3 rings (SSSR count). The lowest BCUT2D eigenvalue weighted by Crippen LogP contribution is -2.46. The Morgan fingerprint density at radius 2 is 2.38 bits per heavy atom. The molecule has 3 heterocycles. The Labute approximate surface area is 130 Å². The molecule has 2 aliphatic heterocycles. The number of nitrogens with zero attached hydrogens (tertiary/aromatic N) is 2.